The Kier molecular flexibility index (Phi) is 6.74. The van der Waals surface area contributed by atoms with Gasteiger partial charge in [-0.3, -0.25) is 4.79 Å². The van der Waals surface area contributed by atoms with E-state index in [0.717, 1.165) is 25.2 Å². The number of nitrogens with one attached hydrogen (secondary N) is 1. The van der Waals surface area contributed by atoms with Gasteiger partial charge in [-0.25, -0.2) is 9.48 Å². The third-order valence-electron chi connectivity index (χ3n) is 5.93. The van der Waals surface area contributed by atoms with Gasteiger partial charge in [-0.05, 0) is 67.8 Å². The number of benzene rings is 2. The minimum absolute atomic E-state index is 0. The smallest absolute Gasteiger partial charge is 0.359 e. The van der Waals surface area contributed by atoms with E-state index in [4.69, 9.17) is 16.3 Å². The molecule has 0 saturated heterocycles. The lowest BCUT2D eigenvalue weighted by atomic mass is 9.98. The number of amides is 1. The number of carbonyl (C=O) groups excluding carboxylic acids is 2. The number of anilines is 1. The van der Waals surface area contributed by atoms with Crippen LogP contribution >= 0.6 is 24.0 Å². The second-order valence-corrected chi connectivity index (χ2v) is 8.31. The molecule has 2 aliphatic rings. The molecule has 33 heavy (non-hydrogen) atoms. The highest BCUT2D eigenvalue weighted by atomic mass is 35.5. The van der Waals surface area contributed by atoms with Crippen LogP contribution in [0.4, 0.5) is 5.69 Å². The Bertz CT molecular complexity index is 1220. The van der Waals surface area contributed by atoms with Gasteiger partial charge >= 0.3 is 5.97 Å². The molecule has 0 fully saturated rings. The molecule has 1 aromatic heterocycles. The van der Waals surface area contributed by atoms with E-state index in [1.165, 1.54) is 15.8 Å². The lowest BCUT2D eigenvalue weighted by Gasteiger charge is -2.29. The molecule has 3 heterocycles. The molecule has 5 rings (SSSR count). The summed E-state index contributed by atoms with van der Waals surface area (Å²) >= 11 is 6.19. The number of esters is 1. The predicted octanol–water partition coefficient (Wildman–Crippen LogP) is 3.97. The molecule has 1 N–H and O–H groups in total. The van der Waals surface area contributed by atoms with E-state index >= 15 is 0 Å². The van der Waals surface area contributed by atoms with Crippen LogP contribution in [0.15, 0.2) is 42.5 Å². The van der Waals surface area contributed by atoms with Crippen LogP contribution in [0.5, 0.6) is 0 Å². The van der Waals surface area contributed by atoms with Crippen molar-refractivity contribution < 1.29 is 14.3 Å². The first kappa shape index (κ1) is 23.3. The summed E-state index contributed by atoms with van der Waals surface area (Å²) in [6.45, 7) is 4.21. The zero-order chi connectivity index (χ0) is 22.2. The van der Waals surface area contributed by atoms with Crippen LogP contribution < -0.4 is 10.2 Å². The summed E-state index contributed by atoms with van der Waals surface area (Å²) in [4.78, 5) is 28.1. The van der Waals surface area contributed by atoms with Crippen molar-refractivity contribution >= 4 is 41.6 Å². The quantitative estimate of drug-likeness (QED) is 0.564. The maximum atomic E-state index is 13.7. The monoisotopic (exact) mass is 486 g/mol. The van der Waals surface area contributed by atoms with Crippen molar-refractivity contribution in [1.82, 2.24) is 15.1 Å². The molecule has 172 valence electrons. The average molecular weight is 487 g/mol. The van der Waals surface area contributed by atoms with Gasteiger partial charge in [-0.15, -0.1) is 12.4 Å². The molecule has 2 aromatic carbocycles. The fourth-order valence-corrected chi connectivity index (χ4v) is 4.58. The van der Waals surface area contributed by atoms with Gasteiger partial charge in [0, 0.05) is 29.4 Å². The normalized spacial score (nSPS) is 14.8. The lowest BCUT2D eigenvalue weighted by molar-refractivity contribution is 0.0517. The zero-order valence-corrected chi connectivity index (χ0v) is 19.7. The summed E-state index contributed by atoms with van der Waals surface area (Å²) in [5.74, 6) is -0.719. The van der Waals surface area contributed by atoms with Crippen LogP contribution in [0, 0.1) is 0 Å². The highest BCUT2D eigenvalue weighted by Gasteiger charge is 2.35. The van der Waals surface area contributed by atoms with Gasteiger partial charge in [0.05, 0.1) is 12.3 Å². The molecule has 0 aliphatic carbocycles. The van der Waals surface area contributed by atoms with Crippen molar-refractivity contribution in [2.75, 3.05) is 24.6 Å². The molecular formula is C24H24Cl2N4O3. The van der Waals surface area contributed by atoms with E-state index in [9.17, 15) is 9.59 Å². The fraction of sp³-hybridized carbons (Fsp3) is 0.292. The highest BCUT2D eigenvalue weighted by molar-refractivity contribution is 6.30. The Balaban J connectivity index is 0.00000259. The topological polar surface area (TPSA) is 76.5 Å². The molecule has 0 radical (unpaired) electrons. The van der Waals surface area contributed by atoms with Crippen molar-refractivity contribution in [3.63, 3.8) is 0 Å². The van der Waals surface area contributed by atoms with E-state index < -0.39 is 5.97 Å². The van der Waals surface area contributed by atoms with Gasteiger partial charge in [0.15, 0.2) is 5.69 Å². The van der Waals surface area contributed by atoms with Crippen LogP contribution in [-0.4, -0.2) is 41.4 Å². The molecule has 0 atom stereocenters. The molecule has 2 aliphatic heterocycles. The second-order valence-electron chi connectivity index (χ2n) is 7.87. The van der Waals surface area contributed by atoms with Gasteiger partial charge in [-0.1, -0.05) is 23.7 Å². The fourth-order valence-electron chi connectivity index (χ4n) is 4.40. The standard InChI is InChI=1S/C24H23ClN4O3.ClH/c1-2-32-24(31)21-20-9-11-28(18-7-6-15-8-10-26-14-16(15)12-18)23(30)22(20)29(27-21)19-5-3-4-17(25)13-19;/h3-7,12-13,26H,2,8-11,14H2,1H3;1H. The zero-order valence-electron chi connectivity index (χ0n) is 18.1. The molecule has 7 nitrogen and oxygen atoms in total. The number of halogens is 2. The molecular weight excluding hydrogens is 463 g/mol. The number of nitrogens with zero attached hydrogens (tertiary/aromatic N) is 3. The number of hydrogen-bond donors (Lipinski definition) is 1. The molecule has 0 bridgehead atoms. The van der Waals surface area contributed by atoms with E-state index in [-0.39, 0.29) is 30.6 Å². The molecule has 1 amide bonds. The van der Waals surface area contributed by atoms with Crippen molar-refractivity contribution in [2.24, 2.45) is 0 Å². The van der Waals surface area contributed by atoms with Crippen LogP contribution in [-0.2, 0) is 24.1 Å². The van der Waals surface area contributed by atoms with Gasteiger partial charge in [0.1, 0.15) is 5.69 Å². The molecule has 0 saturated carbocycles. The van der Waals surface area contributed by atoms with Crippen LogP contribution in [0.25, 0.3) is 5.69 Å². The predicted molar refractivity (Wildman–Crippen MR) is 129 cm³/mol. The lowest BCUT2D eigenvalue weighted by Crippen LogP contribution is -2.39. The highest BCUT2D eigenvalue weighted by Crippen LogP contribution is 2.31. The van der Waals surface area contributed by atoms with E-state index in [1.54, 1.807) is 30.0 Å². The number of rotatable bonds is 4. The number of fused-ring (bicyclic) bond motifs is 2. The summed E-state index contributed by atoms with van der Waals surface area (Å²) in [5.41, 5.74) is 5.16. The SMILES string of the molecule is CCOC(=O)c1nn(-c2cccc(Cl)c2)c2c1CCN(c1ccc3c(c1)CNCC3)C2=O.Cl. The molecule has 9 heteroatoms. The summed E-state index contributed by atoms with van der Waals surface area (Å²) in [7, 11) is 0. The Hall–Kier alpha value is -2.87. The maximum Gasteiger partial charge on any atom is 0.359 e. The summed E-state index contributed by atoms with van der Waals surface area (Å²) in [5, 5.41) is 8.40. The minimum atomic E-state index is -0.523. The number of carbonyl (C=O) groups is 2. The first-order valence-electron chi connectivity index (χ1n) is 10.8. The minimum Gasteiger partial charge on any atom is -0.461 e. The Morgan fingerprint density at radius 2 is 2.00 bits per heavy atom. The van der Waals surface area contributed by atoms with E-state index in [1.807, 2.05) is 12.1 Å². The average Bonchev–Trinajstić information content (AvgIpc) is 3.20. The van der Waals surface area contributed by atoms with Gasteiger partial charge in [0.2, 0.25) is 0 Å². The van der Waals surface area contributed by atoms with Gasteiger partial charge < -0.3 is 15.0 Å². The number of aromatic nitrogens is 2. The first-order chi connectivity index (χ1) is 15.6. The second kappa shape index (κ2) is 9.55. The molecule has 0 unspecified atom stereocenters. The Labute approximate surface area is 203 Å². The van der Waals surface area contributed by atoms with E-state index in [0.29, 0.717) is 34.9 Å². The Morgan fingerprint density at radius 1 is 1.15 bits per heavy atom. The van der Waals surface area contributed by atoms with Crippen molar-refractivity contribution in [3.05, 3.63) is 75.6 Å². The van der Waals surface area contributed by atoms with Crippen molar-refractivity contribution in [2.45, 2.75) is 26.3 Å². The third kappa shape index (κ3) is 4.24. The molecule has 3 aromatic rings. The van der Waals surface area contributed by atoms with E-state index in [2.05, 4.69) is 22.5 Å². The van der Waals surface area contributed by atoms with Crippen molar-refractivity contribution in [1.29, 1.82) is 0 Å². The first-order valence-corrected chi connectivity index (χ1v) is 11.1. The summed E-state index contributed by atoms with van der Waals surface area (Å²) in [6.07, 6.45) is 1.49. The van der Waals surface area contributed by atoms with Gasteiger partial charge in [0.25, 0.3) is 5.91 Å². The maximum absolute atomic E-state index is 13.7. The van der Waals surface area contributed by atoms with Gasteiger partial charge in [-0.2, -0.15) is 5.10 Å². The number of hydrogen-bond acceptors (Lipinski definition) is 5. The third-order valence-corrected chi connectivity index (χ3v) is 6.16. The van der Waals surface area contributed by atoms with Crippen LogP contribution in [0.1, 0.15) is 44.6 Å². The van der Waals surface area contributed by atoms with Crippen LogP contribution in [0.2, 0.25) is 5.02 Å². The summed E-state index contributed by atoms with van der Waals surface area (Å²) in [6, 6.07) is 13.3. The van der Waals surface area contributed by atoms with Crippen LogP contribution in [0.3, 0.4) is 0 Å². The summed E-state index contributed by atoms with van der Waals surface area (Å²) < 4.78 is 6.72. The molecule has 0 spiro atoms. The van der Waals surface area contributed by atoms with Crippen molar-refractivity contribution in [3.8, 4) is 5.69 Å². The Morgan fingerprint density at radius 3 is 2.79 bits per heavy atom. The largest absolute Gasteiger partial charge is 0.461 e. The number of ether oxygens (including phenoxy) is 1.